The number of nitrogens with zero attached hydrogens (tertiary/aromatic N) is 4. The van der Waals surface area contributed by atoms with E-state index in [-0.39, 0.29) is 5.56 Å². The summed E-state index contributed by atoms with van der Waals surface area (Å²) in [6.07, 6.45) is 2.33. The second-order valence-corrected chi connectivity index (χ2v) is 5.67. The van der Waals surface area contributed by atoms with Crippen molar-refractivity contribution >= 4 is 34.0 Å². The van der Waals surface area contributed by atoms with Crippen LogP contribution in [0.2, 0.25) is 5.02 Å². The minimum absolute atomic E-state index is 0.182. The largest absolute Gasteiger partial charge is 0.355 e. The zero-order valence-electron chi connectivity index (χ0n) is 11.3. The van der Waals surface area contributed by atoms with E-state index >= 15 is 0 Å². The van der Waals surface area contributed by atoms with Gasteiger partial charge in [-0.25, -0.2) is 4.98 Å². The maximum Gasteiger partial charge on any atom is 0.282 e. The summed E-state index contributed by atoms with van der Waals surface area (Å²) in [4.78, 5) is 19.2. The first-order valence-corrected chi connectivity index (χ1v) is 7.34. The van der Waals surface area contributed by atoms with E-state index in [4.69, 9.17) is 11.6 Å². The molecule has 6 heteroatoms. The highest BCUT2D eigenvalue weighted by Crippen LogP contribution is 2.19. The number of anilines is 1. The molecule has 21 heavy (non-hydrogen) atoms. The molecular formula is C15H13ClN4O. The third-order valence-corrected chi connectivity index (χ3v) is 4.08. The molecule has 4 rings (SSSR count). The van der Waals surface area contributed by atoms with E-state index in [9.17, 15) is 4.79 Å². The molecule has 3 aromatic rings. The van der Waals surface area contributed by atoms with Crippen molar-refractivity contribution in [2.24, 2.45) is 0 Å². The van der Waals surface area contributed by atoms with Gasteiger partial charge < -0.3 is 4.90 Å². The minimum Gasteiger partial charge on any atom is -0.355 e. The Morgan fingerprint density at radius 2 is 1.90 bits per heavy atom. The predicted octanol–water partition coefficient (Wildman–Crippen LogP) is 2.50. The van der Waals surface area contributed by atoms with Crippen LogP contribution in [0.3, 0.4) is 0 Å². The van der Waals surface area contributed by atoms with Gasteiger partial charge in [0.2, 0.25) is 0 Å². The second-order valence-electron chi connectivity index (χ2n) is 5.23. The molecule has 1 saturated heterocycles. The molecule has 0 spiro atoms. The summed E-state index contributed by atoms with van der Waals surface area (Å²) in [5, 5.41) is 5.48. The van der Waals surface area contributed by atoms with Gasteiger partial charge in [0.1, 0.15) is 5.82 Å². The third kappa shape index (κ3) is 2.05. The van der Waals surface area contributed by atoms with Gasteiger partial charge in [-0.05, 0) is 43.2 Å². The Morgan fingerprint density at radius 1 is 1.10 bits per heavy atom. The molecule has 5 nitrogen and oxygen atoms in total. The van der Waals surface area contributed by atoms with Crippen LogP contribution in [0.25, 0.3) is 16.6 Å². The van der Waals surface area contributed by atoms with Crippen LogP contribution in [0.15, 0.2) is 35.1 Å². The van der Waals surface area contributed by atoms with Crippen LogP contribution in [-0.4, -0.2) is 27.7 Å². The molecule has 1 aliphatic rings. The maximum absolute atomic E-state index is 12.6. The van der Waals surface area contributed by atoms with Crippen LogP contribution in [0.5, 0.6) is 0 Å². The molecule has 0 unspecified atom stereocenters. The number of rotatable bonds is 1. The number of hydrogen-bond acceptors (Lipinski definition) is 4. The topological polar surface area (TPSA) is 50.5 Å². The molecule has 2 aromatic heterocycles. The van der Waals surface area contributed by atoms with Gasteiger partial charge in [-0.3, -0.25) is 4.79 Å². The van der Waals surface area contributed by atoms with Crippen LogP contribution in [0, 0.1) is 0 Å². The highest BCUT2D eigenvalue weighted by atomic mass is 35.5. The van der Waals surface area contributed by atoms with Gasteiger partial charge in [0, 0.05) is 18.1 Å². The average molecular weight is 301 g/mol. The van der Waals surface area contributed by atoms with Crippen molar-refractivity contribution < 1.29 is 0 Å². The van der Waals surface area contributed by atoms with Crippen molar-refractivity contribution in [2.45, 2.75) is 12.8 Å². The van der Waals surface area contributed by atoms with E-state index in [0.717, 1.165) is 18.9 Å². The van der Waals surface area contributed by atoms with Crippen molar-refractivity contribution in [1.82, 2.24) is 14.6 Å². The monoisotopic (exact) mass is 300 g/mol. The van der Waals surface area contributed by atoms with Gasteiger partial charge in [-0.2, -0.15) is 4.52 Å². The summed E-state index contributed by atoms with van der Waals surface area (Å²) in [7, 11) is 0. The molecular weight excluding hydrogens is 288 g/mol. The van der Waals surface area contributed by atoms with E-state index in [2.05, 4.69) is 15.0 Å². The Bertz CT molecular complexity index is 899. The molecule has 0 amide bonds. The normalized spacial score (nSPS) is 15.2. The summed E-state index contributed by atoms with van der Waals surface area (Å²) in [6, 6.07) is 8.90. The zero-order chi connectivity index (χ0) is 14.4. The highest BCUT2D eigenvalue weighted by molar-refractivity contribution is 6.31. The highest BCUT2D eigenvalue weighted by Gasteiger charge is 2.15. The summed E-state index contributed by atoms with van der Waals surface area (Å²) in [5.74, 6) is 0.824. The molecule has 3 heterocycles. The lowest BCUT2D eigenvalue weighted by Crippen LogP contribution is -2.24. The van der Waals surface area contributed by atoms with Gasteiger partial charge in [0.25, 0.3) is 5.56 Å². The Morgan fingerprint density at radius 3 is 2.71 bits per heavy atom. The Labute approximate surface area is 125 Å². The molecule has 0 N–H and O–H groups in total. The number of halogens is 1. The fourth-order valence-corrected chi connectivity index (χ4v) is 2.94. The molecule has 1 fully saturated rings. The predicted molar refractivity (Wildman–Crippen MR) is 83.2 cm³/mol. The van der Waals surface area contributed by atoms with E-state index < -0.39 is 0 Å². The van der Waals surface area contributed by atoms with Gasteiger partial charge >= 0.3 is 0 Å². The summed E-state index contributed by atoms with van der Waals surface area (Å²) in [6.45, 7) is 1.97. The molecule has 1 aliphatic heterocycles. The minimum atomic E-state index is -0.182. The van der Waals surface area contributed by atoms with Crippen molar-refractivity contribution in [3.8, 4) is 0 Å². The van der Waals surface area contributed by atoms with E-state index in [0.29, 0.717) is 21.6 Å². The summed E-state index contributed by atoms with van der Waals surface area (Å²) in [5.41, 5.74) is 1.01. The van der Waals surface area contributed by atoms with Gasteiger partial charge in [-0.1, -0.05) is 11.6 Å². The summed E-state index contributed by atoms with van der Waals surface area (Å²) >= 11 is 5.97. The average Bonchev–Trinajstić information content (AvgIpc) is 3.02. The molecule has 106 valence electrons. The first-order valence-electron chi connectivity index (χ1n) is 6.97. The van der Waals surface area contributed by atoms with Crippen LogP contribution in [0.1, 0.15) is 12.8 Å². The summed E-state index contributed by atoms with van der Waals surface area (Å²) < 4.78 is 1.37. The van der Waals surface area contributed by atoms with Crippen LogP contribution in [-0.2, 0) is 0 Å². The number of aromatic nitrogens is 3. The molecule has 0 saturated carbocycles. The first kappa shape index (κ1) is 12.6. The second kappa shape index (κ2) is 4.70. The molecule has 1 aromatic carbocycles. The quantitative estimate of drug-likeness (QED) is 0.648. The van der Waals surface area contributed by atoms with Crippen molar-refractivity contribution in [1.29, 1.82) is 0 Å². The number of benzene rings is 1. The number of hydrogen-bond donors (Lipinski definition) is 0. The van der Waals surface area contributed by atoms with Crippen molar-refractivity contribution in [3.63, 3.8) is 0 Å². The fourth-order valence-electron chi connectivity index (χ4n) is 2.77. The van der Waals surface area contributed by atoms with Crippen LogP contribution >= 0.6 is 11.6 Å². The van der Waals surface area contributed by atoms with E-state index in [1.54, 1.807) is 18.2 Å². The fraction of sp³-hybridized carbons (Fsp3) is 0.267. The van der Waals surface area contributed by atoms with E-state index in [1.165, 1.54) is 17.4 Å². The van der Waals surface area contributed by atoms with Crippen molar-refractivity contribution in [3.05, 3.63) is 45.7 Å². The zero-order valence-corrected chi connectivity index (χ0v) is 12.0. The lowest BCUT2D eigenvalue weighted by atomic mass is 10.2. The Hall–Kier alpha value is -2.14. The van der Waals surface area contributed by atoms with Crippen molar-refractivity contribution in [2.75, 3.05) is 18.0 Å². The lowest BCUT2D eigenvalue weighted by Gasteiger charge is -2.16. The Kier molecular flexibility index (Phi) is 2.82. The Balaban J connectivity index is 1.99. The molecule has 0 bridgehead atoms. The van der Waals surface area contributed by atoms with Crippen LogP contribution in [0.4, 0.5) is 5.82 Å². The molecule has 0 atom stereocenters. The standard InChI is InChI=1S/C15H13ClN4O/c16-10-3-4-12-11(9-10)15(21)20-13(17-12)5-6-14(18-20)19-7-1-2-8-19/h3-6,9H,1-2,7-8H2. The molecule has 0 aliphatic carbocycles. The van der Waals surface area contributed by atoms with E-state index in [1.807, 2.05) is 12.1 Å². The van der Waals surface area contributed by atoms with Gasteiger partial charge in [0.05, 0.1) is 10.9 Å². The third-order valence-electron chi connectivity index (χ3n) is 3.85. The smallest absolute Gasteiger partial charge is 0.282 e. The maximum atomic E-state index is 12.6. The SMILES string of the molecule is O=c1c2cc(Cl)ccc2nc2ccc(N3CCCC3)nn12. The lowest BCUT2D eigenvalue weighted by molar-refractivity contribution is 0.832. The van der Waals surface area contributed by atoms with Crippen LogP contribution < -0.4 is 10.5 Å². The molecule has 0 radical (unpaired) electrons. The first-order chi connectivity index (χ1) is 10.2. The number of fused-ring (bicyclic) bond motifs is 2. The van der Waals surface area contributed by atoms with Gasteiger partial charge in [-0.15, -0.1) is 5.10 Å². The van der Waals surface area contributed by atoms with Gasteiger partial charge in [0.15, 0.2) is 5.65 Å².